The second-order valence-electron chi connectivity index (χ2n) is 5.38. The maximum absolute atomic E-state index is 13.1. The highest BCUT2D eigenvalue weighted by Gasteiger charge is 2.34. The van der Waals surface area contributed by atoms with Crippen LogP contribution in [0.4, 0.5) is 19.0 Å². The molecular formula is C15H17F3N4O. The van der Waals surface area contributed by atoms with Crippen molar-refractivity contribution < 1.29 is 18.3 Å². The number of aliphatic hydroxyl groups excluding tert-OH is 1. The Morgan fingerprint density at radius 3 is 2.52 bits per heavy atom. The first-order valence-corrected chi connectivity index (χ1v) is 7.05. The van der Waals surface area contributed by atoms with Gasteiger partial charge in [0.15, 0.2) is 11.5 Å². The number of nitrogens with one attached hydrogen (secondary N) is 1. The van der Waals surface area contributed by atoms with Gasteiger partial charge in [-0.2, -0.15) is 13.2 Å². The molecule has 2 aromatic rings. The van der Waals surface area contributed by atoms with Gasteiger partial charge in [0.25, 0.3) is 0 Å². The SMILES string of the molecule is CC(C)[C@@H](CO)Nc1cc(C(F)(F)F)nc(-c2cccnc2)n1. The Morgan fingerprint density at radius 1 is 1.26 bits per heavy atom. The minimum absolute atomic E-state index is 0.0129. The van der Waals surface area contributed by atoms with E-state index in [1.54, 1.807) is 12.1 Å². The van der Waals surface area contributed by atoms with Gasteiger partial charge in [0.1, 0.15) is 5.82 Å². The first kappa shape index (κ1) is 17.1. The van der Waals surface area contributed by atoms with Crippen LogP contribution in [0.3, 0.4) is 0 Å². The molecule has 0 aliphatic rings. The van der Waals surface area contributed by atoms with Crippen LogP contribution in [0, 0.1) is 5.92 Å². The lowest BCUT2D eigenvalue weighted by molar-refractivity contribution is -0.141. The minimum Gasteiger partial charge on any atom is -0.394 e. The van der Waals surface area contributed by atoms with Crippen molar-refractivity contribution in [2.45, 2.75) is 26.1 Å². The summed E-state index contributed by atoms with van der Waals surface area (Å²) in [5, 5.41) is 12.2. The molecule has 0 bridgehead atoms. The Hall–Kier alpha value is -2.22. The van der Waals surface area contributed by atoms with Crippen LogP contribution in [0.5, 0.6) is 0 Å². The van der Waals surface area contributed by atoms with Crippen LogP contribution in [0.1, 0.15) is 19.5 Å². The Labute approximate surface area is 131 Å². The van der Waals surface area contributed by atoms with Crippen LogP contribution in [-0.2, 0) is 6.18 Å². The van der Waals surface area contributed by atoms with Crippen molar-refractivity contribution in [3.8, 4) is 11.4 Å². The Morgan fingerprint density at radius 2 is 2.00 bits per heavy atom. The number of halogens is 3. The second kappa shape index (κ2) is 6.91. The van der Waals surface area contributed by atoms with Crippen molar-refractivity contribution in [3.05, 3.63) is 36.3 Å². The van der Waals surface area contributed by atoms with Crippen LogP contribution in [0.2, 0.25) is 0 Å². The molecule has 23 heavy (non-hydrogen) atoms. The van der Waals surface area contributed by atoms with Gasteiger partial charge in [0.05, 0.1) is 12.6 Å². The molecule has 0 saturated carbocycles. The monoisotopic (exact) mass is 326 g/mol. The normalized spacial score (nSPS) is 13.2. The van der Waals surface area contributed by atoms with Crippen LogP contribution < -0.4 is 5.32 Å². The molecule has 0 radical (unpaired) electrons. The molecule has 0 spiro atoms. The van der Waals surface area contributed by atoms with Crippen molar-refractivity contribution in [2.75, 3.05) is 11.9 Å². The number of aliphatic hydroxyl groups is 1. The first-order chi connectivity index (χ1) is 10.8. The quantitative estimate of drug-likeness (QED) is 0.884. The van der Waals surface area contributed by atoms with Gasteiger partial charge in [0.2, 0.25) is 0 Å². The molecule has 0 aliphatic heterocycles. The standard InChI is InChI=1S/C15H17F3N4O/c1-9(2)11(8-23)20-13-6-12(15(16,17)18)21-14(22-13)10-4-3-5-19-7-10/h3-7,9,11,23H,8H2,1-2H3,(H,20,21,22)/t11-/m1/s1. The maximum atomic E-state index is 13.1. The maximum Gasteiger partial charge on any atom is 0.433 e. The molecule has 2 rings (SSSR count). The van der Waals surface area contributed by atoms with E-state index in [9.17, 15) is 18.3 Å². The Balaban J connectivity index is 2.46. The van der Waals surface area contributed by atoms with E-state index in [-0.39, 0.29) is 24.2 Å². The summed E-state index contributed by atoms with van der Waals surface area (Å²) in [4.78, 5) is 11.6. The van der Waals surface area contributed by atoms with Gasteiger partial charge in [-0.25, -0.2) is 9.97 Å². The fourth-order valence-corrected chi connectivity index (χ4v) is 1.90. The molecule has 2 heterocycles. The van der Waals surface area contributed by atoms with E-state index in [1.807, 2.05) is 13.8 Å². The summed E-state index contributed by atoms with van der Waals surface area (Å²) in [7, 11) is 0. The molecule has 0 unspecified atom stereocenters. The predicted molar refractivity (Wildman–Crippen MR) is 79.6 cm³/mol. The van der Waals surface area contributed by atoms with Crippen LogP contribution in [0.25, 0.3) is 11.4 Å². The summed E-state index contributed by atoms with van der Waals surface area (Å²) < 4.78 is 39.2. The highest BCUT2D eigenvalue weighted by atomic mass is 19.4. The lowest BCUT2D eigenvalue weighted by Gasteiger charge is -2.21. The summed E-state index contributed by atoms with van der Waals surface area (Å²) in [6.07, 6.45) is -1.69. The average Bonchev–Trinajstić information content (AvgIpc) is 2.52. The molecule has 5 nitrogen and oxygen atoms in total. The number of hydrogen-bond donors (Lipinski definition) is 2. The predicted octanol–water partition coefficient (Wildman–Crippen LogP) is 2.99. The summed E-state index contributed by atoms with van der Waals surface area (Å²) in [5.41, 5.74) is -0.666. The number of pyridine rings is 1. The van der Waals surface area contributed by atoms with Gasteiger partial charge in [-0.3, -0.25) is 4.98 Å². The van der Waals surface area contributed by atoms with Gasteiger partial charge in [-0.1, -0.05) is 13.8 Å². The first-order valence-electron chi connectivity index (χ1n) is 7.05. The molecule has 124 valence electrons. The summed E-state index contributed by atoms with van der Waals surface area (Å²) >= 11 is 0. The van der Waals surface area contributed by atoms with E-state index < -0.39 is 17.9 Å². The molecule has 0 saturated heterocycles. The highest BCUT2D eigenvalue weighted by molar-refractivity contribution is 5.56. The molecule has 8 heteroatoms. The molecule has 0 aliphatic carbocycles. The van der Waals surface area contributed by atoms with Gasteiger partial charge < -0.3 is 10.4 Å². The highest BCUT2D eigenvalue weighted by Crippen LogP contribution is 2.31. The van der Waals surface area contributed by atoms with Crippen molar-refractivity contribution in [3.63, 3.8) is 0 Å². The van der Waals surface area contributed by atoms with Crippen molar-refractivity contribution in [2.24, 2.45) is 5.92 Å². The largest absolute Gasteiger partial charge is 0.433 e. The Bertz CT molecular complexity index is 647. The van der Waals surface area contributed by atoms with E-state index in [4.69, 9.17) is 0 Å². The smallest absolute Gasteiger partial charge is 0.394 e. The van der Waals surface area contributed by atoms with E-state index in [1.165, 1.54) is 12.4 Å². The third-order valence-corrected chi connectivity index (χ3v) is 3.27. The minimum atomic E-state index is -4.59. The van der Waals surface area contributed by atoms with Gasteiger partial charge in [-0.15, -0.1) is 0 Å². The zero-order chi connectivity index (χ0) is 17.0. The van der Waals surface area contributed by atoms with Crippen molar-refractivity contribution >= 4 is 5.82 Å². The molecule has 0 fully saturated rings. The number of hydrogen-bond acceptors (Lipinski definition) is 5. The fourth-order valence-electron chi connectivity index (χ4n) is 1.90. The average molecular weight is 326 g/mol. The van der Waals surface area contributed by atoms with Crippen molar-refractivity contribution in [1.29, 1.82) is 0 Å². The third-order valence-electron chi connectivity index (χ3n) is 3.27. The van der Waals surface area contributed by atoms with E-state index in [0.29, 0.717) is 5.56 Å². The molecule has 0 amide bonds. The lowest BCUT2D eigenvalue weighted by atomic mass is 10.1. The van der Waals surface area contributed by atoms with Gasteiger partial charge in [-0.05, 0) is 18.1 Å². The van der Waals surface area contributed by atoms with Crippen molar-refractivity contribution in [1.82, 2.24) is 15.0 Å². The zero-order valence-corrected chi connectivity index (χ0v) is 12.7. The summed E-state index contributed by atoms with van der Waals surface area (Å²) in [6.45, 7) is 3.48. The number of anilines is 1. The van der Waals surface area contributed by atoms with E-state index >= 15 is 0 Å². The molecule has 1 atom stereocenters. The topological polar surface area (TPSA) is 70.9 Å². The molecule has 2 aromatic heterocycles. The van der Waals surface area contributed by atoms with Crippen LogP contribution in [0.15, 0.2) is 30.6 Å². The zero-order valence-electron chi connectivity index (χ0n) is 12.7. The van der Waals surface area contributed by atoms with E-state index in [2.05, 4.69) is 20.3 Å². The molecule has 2 N–H and O–H groups in total. The number of nitrogens with zero attached hydrogens (tertiary/aromatic N) is 3. The molecular weight excluding hydrogens is 309 g/mol. The van der Waals surface area contributed by atoms with Gasteiger partial charge >= 0.3 is 6.18 Å². The van der Waals surface area contributed by atoms with Crippen LogP contribution in [-0.4, -0.2) is 32.7 Å². The van der Waals surface area contributed by atoms with E-state index in [0.717, 1.165) is 6.07 Å². The second-order valence-corrected chi connectivity index (χ2v) is 5.38. The lowest BCUT2D eigenvalue weighted by Crippen LogP contribution is -2.30. The number of aromatic nitrogens is 3. The van der Waals surface area contributed by atoms with Gasteiger partial charge in [0, 0.05) is 24.0 Å². The number of alkyl halides is 3. The summed E-state index contributed by atoms with van der Waals surface area (Å²) in [5.74, 6) is -0.0408. The third kappa shape index (κ3) is 4.38. The van der Waals surface area contributed by atoms with Crippen LogP contribution >= 0.6 is 0 Å². The summed E-state index contributed by atoms with van der Waals surface area (Å²) in [6, 6.07) is 3.60. The fraction of sp³-hybridized carbons (Fsp3) is 0.400. The number of rotatable bonds is 5. The molecule has 0 aromatic carbocycles. The Kier molecular flexibility index (Phi) is 5.15.